The average Bonchev–Trinajstić information content (AvgIpc) is 2.35. The molecule has 0 radical (unpaired) electrons. The normalized spacial score (nSPS) is 14.1. The third kappa shape index (κ3) is 1.93. The second kappa shape index (κ2) is 4.23. The van der Waals surface area contributed by atoms with E-state index in [1.807, 2.05) is 25.1 Å². The Morgan fingerprint density at radius 2 is 1.95 bits per heavy atom. The first-order valence-electron chi connectivity index (χ1n) is 6.53. The third-order valence-electron chi connectivity index (χ3n) is 3.82. The van der Waals surface area contributed by atoms with Gasteiger partial charge in [-0.2, -0.15) is 0 Å². The van der Waals surface area contributed by atoms with Crippen molar-refractivity contribution in [2.45, 2.75) is 26.7 Å². The summed E-state index contributed by atoms with van der Waals surface area (Å²) < 4.78 is 0. The van der Waals surface area contributed by atoms with E-state index in [1.54, 1.807) is 0 Å². The zero-order valence-electron chi connectivity index (χ0n) is 11.2. The second-order valence-corrected chi connectivity index (χ2v) is 5.34. The summed E-state index contributed by atoms with van der Waals surface area (Å²) in [6.07, 6.45) is 3.89. The first-order valence-corrected chi connectivity index (χ1v) is 6.53. The minimum atomic E-state index is -0.819. The number of aromatic carboxylic acids is 1. The molecule has 2 aromatic rings. The van der Waals surface area contributed by atoms with Crippen LogP contribution in [0.1, 0.15) is 40.4 Å². The van der Waals surface area contributed by atoms with E-state index in [1.165, 1.54) is 5.57 Å². The molecule has 0 saturated heterocycles. The van der Waals surface area contributed by atoms with Gasteiger partial charge in [0.1, 0.15) is 0 Å². The summed E-state index contributed by atoms with van der Waals surface area (Å²) in [5, 5.41) is 11.4. The predicted octanol–water partition coefficient (Wildman–Crippen LogP) is 4.20. The van der Waals surface area contributed by atoms with Crippen molar-refractivity contribution in [2.75, 3.05) is 0 Å². The minimum Gasteiger partial charge on any atom is -0.478 e. The van der Waals surface area contributed by atoms with E-state index >= 15 is 0 Å². The van der Waals surface area contributed by atoms with Gasteiger partial charge in [-0.15, -0.1) is 0 Å². The smallest absolute Gasteiger partial charge is 0.336 e. The maximum absolute atomic E-state index is 11.7. The predicted molar refractivity (Wildman–Crippen MR) is 77.6 cm³/mol. The van der Waals surface area contributed by atoms with E-state index in [-0.39, 0.29) is 0 Å². The van der Waals surface area contributed by atoms with Crippen molar-refractivity contribution in [3.63, 3.8) is 0 Å². The Kier molecular flexibility index (Phi) is 2.67. The molecule has 2 heteroatoms. The molecule has 2 nitrogen and oxygen atoms in total. The highest BCUT2D eigenvalue weighted by Gasteiger charge is 2.20. The maximum atomic E-state index is 11.7. The van der Waals surface area contributed by atoms with E-state index in [2.05, 4.69) is 19.1 Å². The summed E-state index contributed by atoms with van der Waals surface area (Å²) in [5.74, 6) is -0.819. The lowest BCUT2D eigenvalue weighted by molar-refractivity contribution is 0.0698. The quantitative estimate of drug-likeness (QED) is 0.826. The van der Waals surface area contributed by atoms with Crippen LogP contribution in [0.15, 0.2) is 29.8 Å². The van der Waals surface area contributed by atoms with E-state index in [0.29, 0.717) is 5.56 Å². The molecule has 0 aromatic heterocycles. The molecule has 1 N–H and O–H groups in total. The molecule has 2 aromatic carbocycles. The zero-order valence-corrected chi connectivity index (χ0v) is 11.2. The topological polar surface area (TPSA) is 37.3 Å². The van der Waals surface area contributed by atoms with Crippen LogP contribution in [0.25, 0.3) is 16.8 Å². The van der Waals surface area contributed by atoms with Crippen molar-refractivity contribution >= 4 is 22.8 Å². The van der Waals surface area contributed by atoms with Crippen LogP contribution in [-0.4, -0.2) is 11.1 Å². The average molecular weight is 252 g/mol. The lowest BCUT2D eigenvalue weighted by atomic mass is 9.86. The fraction of sp³-hybridized carbons (Fsp3) is 0.235. The minimum absolute atomic E-state index is 0.486. The fourth-order valence-electron chi connectivity index (χ4n) is 2.88. The van der Waals surface area contributed by atoms with E-state index in [0.717, 1.165) is 40.3 Å². The summed E-state index contributed by atoms with van der Waals surface area (Å²) in [6.45, 7) is 4.09. The van der Waals surface area contributed by atoms with E-state index < -0.39 is 5.97 Å². The molecule has 3 rings (SSSR count). The zero-order chi connectivity index (χ0) is 13.6. The Bertz CT molecular complexity index is 724. The van der Waals surface area contributed by atoms with Crippen molar-refractivity contribution in [1.82, 2.24) is 0 Å². The Morgan fingerprint density at radius 3 is 2.68 bits per heavy atom. The van der Waals surface area contributed by atoms with Crippen molar-refractivity contribution in [3.05, 3.63) is 52.1 Å². The van der Waals surface area contributed by atoms with Gasteiger partial charge in [-0.3, -0.25) is 0 Å². The number of fused-ring (bicyclic) bond motifs is 2. The summed E-state index contributed by atoms with van der Waals surface area (Å²) in [5.41, 5.74) is 4.95. The standard InChI is InChI=1S/C17H16O2/c1-10-4-6-14-13(7-10)9-12-5-3-11(2)8-15(12)16(14)17(18)19/h3,5,7-9H,4,6H2,1-2H3,(H,18,19). The van der Waals surface area contributed by atoms with Crippen molar-refractivity contribution in [2.24, 2.45) is 0 Å². The lowest BCUT2D eigenvalue weighted by Crippen LogP contribution is -2.09. The monoisotopic (exact) mass is 252 g/mol. The molecule has 96 valence electrons. The maximum Gasteiger partial charge on any atom is 0.336 e. The number of aryl methyl sites for hydroxylation is 1. The molecule has 0 unspecified atom stereocenters. The van der Waals surface area contributed by atoms with Crippen LogP contribution in [-0.2, 0) is 6.42 Å². The Morgan fingerprint density at radius 1 is 1.16 bits per heavy atom. The first-order chi connectivity index (χ1) is 9.06. The van der Waals surface area contributed by atoms with Gasteiger partial charge < -0.3 is 5.11 Å². The number of hydrogen-bond acceptors (Lipinski definition) is 1. The third-order valence-corrected chi connectivity index (χ3v) is 3.82. The Hall–Kier alpha value is -2.09. The highest BCUT2D eigenvalue weighted by molar-refractivity contribution is 6.06. The molecule has 1 aliphatic carbocycles. The van der Waals surface area contributed by atoms with Crippen LogP contribution in [0.3, 0.4) is 0 Å². The molecule has 1 aliphatic rings. The van der Waals surface area contributed by atoms with Crippen LogP contribution in [0.5, 0.6) is 0 Å². The molecular weight excluding hydrogens is 236 g/mol. The number of carboxylic acid groups (broad SMARTS) is 1. The van der Waals surface area contributed by atoms with Gasteiger partial charge in [0.05, 0.1) is 5.56 Å². The molecule has 0 aliphatic heterocycles. The highest BCUT2D eigenvalue weighted by atomic mass is 16.4. The van der Waals surface area contributed by atoms with Crippen LogP contribution >= 0.6 is 0 Å². The molecule has 0 spiro atoms. The van der Waals surface area contributed by atoms with Gasteiger partial charge in [0.25, 0.3) is 0 Å². The summed E-state index contributed by atoms with van der Waals surface area (Å²) in [7, 11) is 0. The highest BCUT2D eigenvalue weighted by Crippen LogP contribution is 2.33. The molecule has 0 heterocycles. The van der Waals surface area contributed by atoms with E-state index in [4.69, 9.17) is 0 Å². The molecule has 0 atom stereocenters. The molecule has 0 saturated carbocycles. The SMILES string of the molecule is CC1=Cc2cc3ccc(C)cc3c(C(=O)O)c2CC1. The summed E-state index contributed by atoms with van der Waals surface area (Å²) in [4.78, 5) is 11.7. The van der Waals surface area contributed by atoms with E-state index in [9.17, 15) is 9.90 Å². The van der Waals surface area contributed by atoms with Gasteiger partial charge in [0.2, 0.25) is 0 Å². The lowest BCUT2D eigenvalue weighted by Gasteiger charge is -2.18. The Labute approximate surface area is 112 Å². The van der Waals surface area contributed by atoms with Gasteiger partial charge >= 0.3 is 5.97 Å². The van der Waals surface area contributed by atoms with Gasteiger partial charge in [-0.25, -0.2) is 4.79 Å². The number of rotatable bonds is 1. The van der Waals surface area contributed by atoms with Crippen LogP contribution < -0.4 is 0 Å². The molecule has 0 fully saturated rings. The molecule has 19 heavy (non-hydrogen) atoms. The van der Waals surface area contributed by atoms with Gasteiger partial charge in [0.15, 0.2) is 0 Å². The number of benzene rings is 2. The summed E-state index contributed by atoms with van der Waals surface area (Å²) >= 11 is 0. The second-order valence-electron chi connectivity index (χ2n) is 5.34. The molecule has 0 amide bonds. The number of carboxylic acids is 1. The summed E-state index contributed by atoms with van der Waals surface area (Å²) in [6, 6.07) is 8.12. The van der Waals surface area contributed by atoms with Crippen LogP contribution in [0.2, 0.25) is 0 Å². The van der Waals surface area contributed by atoms with Gasteiger partial charge in [-0.05, 0) is 54.7 Å². The number of allylic oxidation sites excluding steroid dienone is 1. The van der Waals surface area contributed by atoms with Crippen molar-refractivity contribution in [3.8, 4) is 0 Å². The van der Waals surface area contributed by atoms with Gasteiger partial charge in [0, 0.05) is 0 Å². The van der Waals surface area contributed by atoms with Gasteiger partial charge in [-0.1, -0.05) is 35.4 Å². The number of carbonyl (C=O) groups is 1. The van der Waals surface area contributed by atoms with Crippen LogP contribution in [0, 0.1) is 6.92 Å². The largest absolute Gasteiger partial charge is 0.478 e. The van der Waals surface area contributed by atoms with Crippen molar-refractivity contribution < 1.29 is 9.90 Å². The molecular formula is C17H16O2. The fourth-order valence-corrected chi connectivity index (χ4v) is 2.88. The molecule has 0 bridgehead atoms. The Balaban J connectivity index is 2.44. The first kappa shape index (κ1) is 12.0. The van der Waals surface area contributed by atoms with Crippen molar-refractivity contribution in [1.29, 1.82) is 0 Å². The van der Waals surface area contributed by atoms with Crippen LogP contribution in [0.4, 0.5) is 0 Å². The number of hydrogen-bond donors (Lipinski definition) is 1.